The van der Waals surface area contributed by atoms with E-state index in [1.807, 2.05) is 19.1 Å². The van der Waals surface area contributed by atoms with Gasteiger partial charge in [0.2, 0.25) is 0 Å². The van der Waals surface area contributed by atoms with Crippen molar-refractivity contribution in [2.24, 2.45) is 0 Å². The summed E-state index contributed by atoms with van der Waals surface area (Å²) in [5, 5.41) is 3.16. The molecule has 14 heavy (non-hydrogen) atoms. The summed E-state index contributed by atoms with van der Waals surface area (Å²) in [4.78, 5) is 10.9. The molecule has 0 unspecified atom stereocenters. The summed E-state index contributed by atoms with van der Waals surface area (Å²) in [6, 6.07) is 0. The van der Waals surface area contributed by atoms with Gasteiger partial charge in [0.1, 0.15) is 0 Å². The minimum Gasteiger partial charge on any atom is -0.466 e. The van der Waals surface area contributed by atoms with Crippen molar-refractivity contribution in [1.29, 1.82) is 0 Å². The van der Waals surface area contributed by atoms with Crippen LogP contribution in [-0.4, -0.2) is 31.5 Å². The zero-order chi connectivity index (χ0) is 10.6. The fraction of sp³-hybridized carbons (Fsp3) is 0.700. The van der Waals surface area contributed by atoms with Gasteiger partial charge in [0.05, 0.1) is 6.61 Å². The highest BCUT2D eigenvalue weighted by molar-refractivity contribution is 6.18. The number of ether oxygens (including phenoxy) is 1. The van der Waals surface area contributed by atoms with Crippen LogP contribution in [0.2, 0.25) is 0 Å². The largest absolute Gasteiger partial charge is 0.466 e. The van der Waals surface area contributed by atoms with E-state index in [1.54, 1.807) is 0 Å². The van der Waals surface area contributed by atoms with Crippen LogP contribution in [0.15, 0.2) is 12.2 Å². The molecule has 0 amide bonds. The predicted octanol–water partition coefficient (Wildman–Crippen LogP) is 1.71. The standard InChI is InChI=1S/C10H18ClNO2/c1-2-14-10(13)6-5-9-12-8-4-3-7-11/h3-4,12H,2,5-9H2,1H3/b4-3+. The molecule has 0 fully saturated rings. The molecule has 0 aromatic carbocycles. The normalized spacial score (nSPS) is 10.7. The topological polar surface area (TPSA) is 38.3 Å². The minimum absolute atomic E-state index is 0.120. The van der Waals surface area contributed by atoms with Gasteiger partial charge in [0.25, 0.3) is 0 Å². The highest BCUT2D eigenvalue weighted by Crippen LogP contribution is 1.90. The maximum absolute atomic E-state index is 10.9. The second kappa shape index (κ2) is 10.5. The second-order valence-electron chi connectivity index (χ2n) is 2.74. The average molecular weight is 220 g/mol. The average Bonchev–Trinajstić information content (AvgIpc) is 2.17. The van der Waals surface area contributed by atoms with Gasteiger partial charge >= 0.3 is 5.97 Å². The number of esters is 1. The van der Waals surface area contributed by atoms with Crippen LogP contribution in [0.3, 0.4) is 0 Å². The van der Waals surface area contributed by atoms with Crippen molar-refractivity contribution in [3.8, 4) is 0 Å². The van der Waals surface area contributed by atoms with Gasteiger partial charge in [-0.1, -0.05) is 12.2 Å². The molecule has 0 spiro atoms. The molecule has 0 saturated carbocycles. The lowest BCUT2D eigenvalue weighted by Crippen LogP contribution is -2.16. The van der Waals surface area contributed by atoms with Crippen LogP contribution in [-0.2, 0) is 9.53 Å². The van der Waals surface area contributed by atoms with E-state index >= 15 is 0 Å². The summed E-state index contributed by atoms with van der Waals surface area (Å²) in [6.07, 6.45) is 5.16. The molecule has 0 atom stereocenters. The first-order chi connectivity index (χ1) is 6.81. The molecule has 0 aliphatic heterocycles. The lowest BCUT2D eigenvalue weighted by atomic mass is 10.3. The van der Waals surface area contributed by atoms with Gasteiger partial charge in [-0.2, -0.15) is 0 Å². The van der Waals surface area contributed by atoms with Gasteiger partial charge in [-0.05, 0) is 19.9 Å². The number of nitrogens with one attached hydrogen (secondary N) is 1. The second-order valence-corrected chi connectivity index (χ2v) is 3.05. The lowest BCUT2D eigenvalue weighted by Gasteiger charge is -2.02. The Morgan fingerprint density at radius 2 is 2.29 bits per heavy atom. The van der Waals surface area contributed by atoms with Crippen LogP contribution in [0.1, 0.15) is 19.8 Å². The Hall–Kier alpha value is -0.540. The van der Waals surface area contributed by atoms with E-state index in [1.165, 1.54) is 0 Å². The number of hydrogen-bond acceptors (Lipinski definition) is 3. The Labute approximate surface area is 90.5 Å². The number of carbonyl (C=O) groups excluding carboxylic acids is 1. The third-order valence-electron chi connectivity index (χ3n) is 1.56. The van der Waals surface area contributed by atoms with Gasteiger partial charge < -0.3 is 10.1 Å². The molecular formula is C10H18ClNO2. The molecule has 82 valence electrons. The number of allylic oxidation sites excluding steroid dienone is 1. The number of rotatable bonds is 8. The summed E-state index contributed by atoms with van der Waals surface area (Å²) in [6.45, 7) is 3.90. The Bertz CT molecular complexity index is 172. The van der Waals surface area contributed by atoms with Crippen LogP contribution in [0.25, 0.3) is 0 Å². The van der Waals surface area contributed by atoms with Crippen LogP contribution in [0, 0.1) is 0 Å². The molecule has 1 N–H and O–H groups in total. The van der Waals surface area contributed by atoms with E-state index in [0.717, 1.165) is 19.5 Å². The fourth-order valence-corrected chi connectivity index (χ4v) is 1.05. The zero-order valence-corrected chi connectivity index (χ0v) is 9.35. The highest BCUT2D eigenvalue weighted by atomic mass is 35.5. The predicted molar refractivity (Wildman–Crippen MR) is 58.6 cm³/mol. The van der Waals surface area contributed by atoms with Gasteiger partial charge in [-0.3, -0.25) is 4.79 Å². The molecule has 0 aromatic rings. The van der Waals surface area contributed by atoms with Crippen molar-refractivity contribution >= 4 is 17.6 Å². The summed E-state index contributed by atoms with van der Waals surface area (Å²) >= 11 is 5.44. The van der Waals surface area contributed by atoms with E-state index in [4.69, 9.17) is 16.3 Å². The van der Waals surface area contributed by atoms with Crippen LogP contribution < -0.4 is 5.32 Å². The summed E-state index contributed by atoms with van der Waals surface area (Å²) < 4.78 is 4.79. The molecular weight excluding hydrogens is 202 g/mol. The highest BCUT2D eigenvalue weighted by Gasteiger charge is 1.99. The molecule has 0 bridgehead atoms. The molecule has 0 aliphatic carbocycles. The molecule has 0 heterocycles. The van der Waals surface area contributed by atoms with E-state index < -0.39 is 0 Å². The third-order valence-corrected chi connectivity index (χ3v) is 1.74. The van der Waals surface area contributed by atoms with Gasteiger partial charge in [-0.15, -0.1) is 11.6 Å². The Balaban J connectivity index is 3.13. The Morgan fingerprint density at radius 1 is 1.50 bits per heavy atom. The molecule has 0 saturated heterocycles. The van der Waals surface area contributed by atoms with E-state index in [-0.39, 0.29) is 5.97 Å². The zero-order valence-electron chi connectivity index (χ0n) is 8.59. The van der Waals surface area contributed by atoms with Crippen molar-refractivity contribution in [2.75, 3.05) is 25.6 Å². The number of alkyl halides is 1. The molecule has 3 nitrogen and oxygen atoms in total. The SMILES string of the molecule is CCOC(=O)CCCNC/C=C/CCl. The molecule has 0 radical (unpaired) electrons. The van der Waals surface area contributed by atoms with Crippen LogP contribution >= 0.6 is 11.6 Å². The maximum atomic E-state index is 10.9. The van der Waals surface area contributed by atoms with Crippen LogP contribution in [0.5, 0.6) is 0 Å². The first-order valence-electron chi connectivity index (χ1n) is 4.88. The van der Waals surface area contributed by atoms with E-state index in [9.17, 15) is 4.79 Å². The monoisotopic (exact) mass is 219 g/mol. The van der Waals surface area contributed by atoms with Crippen molar-refractivity contribution < 1.29 is 9.53 Å². The van der Waals surface area contributed by atoms with Crippen LogP contribution in [0.4, 0.5) is 0 Å². The molecule has 0 rings (SSSR count). The number of halogens is 1. The van der Waals surface area contributed by atoms with Crippen molar-refractivity contribution in [3.05, 3.63) is 12.2 Å². The van der Waals surface area contributed by atoms with Gasteiger partial charge in [-0.25, -0.2) is 0 Å². The third kappa shape index (κ3) is 9.55. The number of hydrogen-bond donors (Lipinski definition) is 1. The smallest absolute Gasteiger partial charge is 0.305 e. The van der Waals surface area contributed by atoms with Crippen molar-refractivity contribution in [1.82, 2.24) is 5.32 Å². The number of carbonyl (C=O) groups is 1. The van der Waals surface area contributed by atoms with Gasteiger partial charge in [0, 0.05) is 18.8 Å². The van der Waals surface area contributed by atoms with Crippen molar-refractivity contribution in [3.63, 3.8) is 0 Å². The molecule has 0 aliphatic rings. The summed E-state index contributed by atoms with van der Waals surface area (Å²) in [7, 11) is 0. The summed E-state index contributed by atoms with van der Waals surface area (Å²) in [5.41, 5.74) is 0. The molecule has 0 aromatic heterocycles. The van der Waals surface area contributed by atoms with E-state index in [2.05, 4.69) is 5.32 Å². The first-order valence-corrected chi connectivity index (χ1v) is 5.42. The fourth-order valence-electron chi connectivity index (χ4n) is 0.923. The lowest BCUT2D eigenvalue weighted by molar-refractivity contribution is -0.143. The quantitative estimate of drug-likeness (QED) is 0.292. The van der Waals surface area contributed by atoms with Gasteiger partial charge in [0.15, 0.2) is 0 Å². The Kier molecular flexibility index (Phi) is 10.1. The molecule has 4 heteroatoms. The first kappa shape index (κ1) is 13.5. The maximum Gasteiger partial charge on any atom is 0.305 e. The summed E-state index contributed by atoms with van der Waals surface area (Å²) in [5.74, 6) is 0.426. The Morgan fingerprint density at radius 3 is 2.93 bits per heavy atom. The minimum atomic E-state index is -0.120. The van der Waals surface area contributed by atoms with Crippen molar-refractivity contribution in [2.45, 2.75) is 19.8 Å². The van der Waals surface area contributed by atoms with E-state index in [0.29, 0.717) is 18.9 Å².